The number of rotatable bonds is 5. The summed E-state index contributed by atoms with van der Waals surface area (Å²) in [5.41, 5.74) is 0.335. The first-order valence-electron chi connectivity index (χ1n) is 7.51. The second-order valence-electron chi connectivity index (χ2n) is 5.43. The number of amides is 1. The van der Waals surface area contributed by atoms with Crippen molar-refractivity contribution >= 4 is 5.91 Å². The van der Waals surface area contributed by atoms with E-state index in [1.165, 1.54) is 19.2 Å². The molecule has 2 rings (SSSR count). The van der Waals surface area contributed by atoms with Gasteiger partial charge in [-0.25, -0.2) is 4.39 Å². The minimum Gasteiger partial charge on any atom is -0.494 e. The lowest BCUT2D eigenvalue weighted by Crippen LogP contribution is -2.42. The third-order valence-corrected chi connectivity index (χ3v) is 3.97. The molecule has 1 amide bonds. The first-order valence-corrected chi connectivity index (χ1v) is 7.51. The van der Waals surface area contributed by atoms with Gasteiger partial charge >= 0.3 is 0 Å². The molecule has 0 aromatic heterocycles. The lowest BCUT2D eigenvalue weighted by molar-refractivity contribution is 0.0924. The highest BCUT2D eigenvalue weighted by molar-refractivity contribution is 5.94. The van der Waals surface area contributed by atoms with Crippen molar-refractivity contribution in [2.45, 2.75) is 44.7 Å². The van der Waals surface area contributed by atoms with Crippen LogP contribution in [0.4, 0.5) is 4.39 Å². The van der Waals surface area contributed by atoms with Crippen LogP contribution in [0, 0.1) is 5.82 Å². The molecule has 1 fully saturated rings. The van der Waals surface area contributed by atoms with Crippen molar-refractivity contribution in [2.24, 2.45) is 0 Å². The Morgan fingerprint density at radius 1 is 1.29 bits per heavy atom. The smallest absolute Gasteiger partial charge is 0.251 e. The van der Waals surface area contributed by atoms with Gasteiger partial charge in [-0.3, -0.25) is 4.79 Å². The second-order valence-corrected chi connectivity index (χ2v) is 5.43. The van der Waals surface area contributed by atoms with Crippen LogP contribution in [0.5, 0.6) is 5.75 Å². The highest BCUT2D eigenvalue weighted by Crippen LogP contribution is 2.20. The number of hydrogen-bond acceptors (Lipinski definition) is 3. The zero-order valence-corrected chi connectivity index (χ0v) is 12.6. The Bertz CT molecular complexity index is 485. The lowest BCUT2D eigenvalue weighted by atomic mass is 9.91. The number of methoxy groups -OCH3 is 1. The zero-order chi connectivity index (χ0) is 15.2. The van der Waals surface area contributed by atoms with E-state index >= 15 is 0 Å². The van der Waals surface area contributed by atoms with Crippen molar-refractivity contribution in [1.82, 2.24) is 10.6 Å². The fraction of sp³-hybridized carbons (Fsp3) is 0.562. The molecule has 5 heteroatoms. The summed E-state index contributed by atoms with van der Waals surface area (Å²) >= 11 is 0. The molecular formula is C16H23FN2O2. The quantitative estimate of drug-likeness (QED) is 0.877. The van der Waals surface area contributed by atoms with E-state index in [1.807, 2.05) is 0 Å². The Kier molecular flexibility index (Phi) is 5.56. The molecule has 0 heterocycles. The zero-order valence-electron chi connectivity index (χ0n) is 12.6. The maximum absolute atomic E-state index is 13.6. The largest absolute Gasteiger partial charge is 0.494 e. The topological polar surface area (TPSA) is 50.4 Å². The van der Waals surface area contributed by atoms with E-state index in [4.69, 9.17) is 4.74 Å². The van der Waals surface area contributed by atoms with Crippen LogP contribution in [0.15, 0.2) is 18.2 Å². The molecule has 0 aliphatic heterocycles. The van der Waals surface area contributed by atoms with Crippen LogP contribution >= 0.6 is 0 Å². The third kappa shape index (κ3) is 4.17. The minimum atomic E-state index is -0.513. The molecule has 1 saturated carbocycles. The maximum atomic E-state index is 13.6. The lowest BCUT2D eigenvalue weighted by Gasteiger charge is -2.29. The molecule has 4 nitrogen and oxygen atoms in total. The van der Waals surface area contributed by atoms with Gasteiger partial charge in [-0.2, -0.15) is 0 Å². The molecule has 0 bridgehead atoms. The molecule has 0 spiro atoms. The van der Waals surface area contributed by atoms with Crippen molar-refractivity contribution in [3.05, 3.63) is 29.6 Å². The first kappa shape index (κ1) is 15.8. The van der Waals surface area contributed by atoms with E-state index < -0.39 is 5.82 Å². The average Bonchev–Trinajstić information content (AvgIpc) is 2.49. The monoisotopic (exact) mass is 294 g/mol. The SMILES string of the molecule is CCNC1CCC(NC(=O)c2ccc(OC)c(F)c2)CC1. The summed E-state index contributed by atoms with van der Waals surface area (Å²) in [6.45, 7) is 3.08. The summed E-state index contributed by atoms with van der Waals surface area (Å²) in [7, 11) is 1.40. The van der Waals surface area contributed by atoms with Crippen molar-refractivity contribution in [3.8, 4) is 5.75 Å². The molecule has 0 radical (unpaired) electrons. The van der Waals surface area contributed by atoms with Crippen LogP contribution in [0.2, 0.25) is 0 Å². The van der Waals surface area contributed by atoms with Gasteiger partial charge in [0.15, 0.2) is 11.6 Å². The molecule has 1 aliphatic carbocycles. The van der Waals surface area contributed by atoms with E-state index in [1.54, 1.807) is 6.07 Å². The van der Waals surface area contributed by atoms with E-state index in [-0.39, 0.29) is 17.7 Å². The van der Waals surface area contributed by atoms with Gasteiger partial charge in [0.1, 0.15) is 0 Å². The summed E-state index contributed by atoms with van der Waals surface area (Å²) in [5.74, 6) is -0.581. The van der Waals surface area contributed by atoms with E-state index in [0.29, 0.717) is 11.6 Å². The normalized spacial score (nSPS) is 21.9. The average molecular weight is 294 g/mol. The molecule has 1 aromatic carbocycles. The Labute approximate surface area is 125 Å². The number of halogens is 1. The van der Waals surface area contributed by atoms with Crippen LogP contribution < -0.4 is 15.4 Å². The number of nitrogens with one attached hydrogen (secondary N) is 2. The number of hydrogen-bond donors (Lipinski definition) is 2. The summed E-state index contributed by atoms with van der Waals surface area (Å²) in [6.07, 6.45) is 4.05. The molecule has 0 atom stereocenters. The van der Waals surface area contributed by atoms with Gasteiger partial charge in [-0.1, -0.05) is 6.92 Å². The van der Waals surface area contributed by atoms with Gasteiger partial charge in [-0.15, -0.1) is 0 Å². The van der Waals surface area contributed by atoms with Gasteiger partial charge in [0.05, 0.1) is 7.11 Å². The Hall–Kier alpha value is -1.62. The van der Waals surface area contributed by atoms with Crippen LogP contribution in [-0.2, 0) is 0 Å². The third-order valence-electron chi connectivity index (χ3n) is 3.97. The predicted molar refractivity (Wildman–Crippen MR) is 80.1 cm³/mol. The highest BCUT2D eigenvalue weighted by atomic mass is 19.1. The van der Waals surface area contributed by atoms with Gasteiger partial charge < -0.3 is 15.4 Å². The molecule has 0 saturated heterocycles. The van der Waals surface area contributed by atoms with Gasteiger partial charge in [0.2, 0.25) is 0 Å². The Morgan fingerprint density at radius 2 is 1.95 bits per heavy atom. The van der Waals surface area contributed by atoms with Crippen molar-refractivity contribution < 1.29 is 13.9 Å². The van der Waals surface area contributed by atoms with Gasteiger partial charge in [0.25, 0.3) is 5.91 Å². The summed E-state index contributed by atoms with van der Waals surface area (Å²) in [6, 6.07) is 5.02. The molecule has 2 N–H and O–H groups in total. The molecule has 1 aliphatic rings. The summed E-state index contributed by atoms with van der Waals surface area (Å²) < 4.78 is 18.5. The fourth-order valence-electron chi connectivity index (χ4n) is 2.81. The predicted octanol–water partition coefficient (Wildman–Crippen LogP) is 2.48. The molecule has 1 aromatic rings. The van der Waals surface area contributed by atoms with Crippen LogP contribution in [0.3, 0.4) is 0 Å². The Morgan fingerprint density at radius 3 is 2.52 bits per heavy atom. The number of ether oxygens (including phenoxy) is 1. The number of carbonyl (C=O) groups is 1. The molecule has 21 heavy (non-hydrogen) atoms. The van der Waals surface area contributed by atoms with Crippen molar-refractivity contribution in [3.63, 3.8) is 0 Å². The molecule has 116 valence electrons. The van der Waals surface area contributed by atoms with Gasteiger partial charge in [-0.05, 0) is 50.4 Å². The molecular weight excluding hydrogens is 271 g/mol. The van der Waals surface area contributed by atoms with Crippen LogP contribution in [0.25, 0.3) is 0 Å². The standard InChI is InChI=1S/C16H23FN2O2/c1-3-18-12-5-7-13(8-6-12)19-16(20)11-4-9-15(21-2)14(17)10-11/h4,9-10,12-13,18H,3,5-8H2,1-2H3,(H,19,20). The fourth-order valence-corrected chi connectivity index (χ4v) is 2.81. The maximum Gasteiger partial charge on any atom is 0.251 e. The number of benzene rings is 1. The highest BCUT2D eigenvalue weighted by Gasteiger charge is 2.22. The molecule has 0 unspecified atom stereocenters. The summed E-state index contributed by atoms with van der Waals surface area (Å²) in [5, 5.41) is 6.42. The summed E-state index contributed by atoms with van der Waals surface area (Å²) in [4.78, 5) is 12.1. The van der Waals surface area contributed by atoms with Crippen molar-refractivity contribution in [2.75, 3.05) is 13.7 Å². The first-order chi connectivity index (χ1) is 10.1. The van der Waals surface area contributed by atoms with Gasteiger partial charge in [0, 0.05) is 17.6 Å². The Balaban J connectivity index is 1.89. The van der Waals surface area contributed by atoms with E-state index in [2.05, 4.69) is 17.6 Å². The minimum absolute atomic E-state index is 0.151. The van der Waals surface area contributed by atoms with Crippen LogP contribution in [0.1, 0.15) is 43.0 Å². The van der Waals surface area contributed by atoms with Crippen molar-refractivity contribution in [1.29, 1.82) is 0 Å². The second kappa shape index (κ2) is 7.41. The van der Waals surface area contributed by atoms with Crippen LogP contribution in [-0.4, -0.2) is 31.6 Å². The van der Waals surface area contributed by atoms with E-state index in [9.17, 15) is 9.18 Å². The van der Waals surface area contributed by atoms with E-state index in [0.717, 1.165) is 32.2 Å². The number of carbonyl (C=O) groups excluding carboxylic acids is 1.